The van der Waals surface area contributed by atoms with E-state index < -0.39 is 11.9 Å². The summed E-state index contributed by atoms with van der Waals surface area (Å²) in [5, 5.41) is 5.13. The third-order valence-corrected chi connectivity index (χ3v) is 4.31. The molecule has 3 rings (SSSR count). The summed E-state index contributed by atoms with van der Waals surface area (Å²) in [4.78, 5) is 24.2. The lowest BCUT2D eigenvalue weighted by atomic mass is 10.00. The minimum absolute atomic E-state index is 0.220. The highest BCUT2D eigenvalue weighted by Crippen LogP contribution is 2.26. The molecule has 136 valence electrons. The van der Waals surface area contributed by atoms with Crippen molar-refractivity contribution in [1.82, 2.24) is 5.32 Å². The molecule has 0 atom stereocenters. The lowest BCUT2D eigenvalue weighted by Crippen LogP contribution is -2.34. The first kappa shape index (κ1) is 18.6. The molecule has 0 bridgehead atoms. The van der Waals surface area contributed by atoms with Gasteiger partial charge in [0.15, 0.2) is 0 Å². The summed E-state index contributed by atoms with van der Waals surface area (Å²) in [5.41, 5.74) is 3.45. The van der Waals surface area contributed by atoms with Crippen molar-refractivity contribution in [1.29, 1.82) is 0 Å². The summed E-state index contributed by atoms with van der Waals surface area (Å²) in [6, 6.07) is 17.3. The molecule has 0 heterocycles. The molecule has 2 N–H and O–H groups in total. The van der Waals surface area contributed by atoms with Gasteiger partial charge in [0.2, 0.25) is 0 Å². The van der Waals surface area contributed by atoms with Crippen LogP contribution in [0.3, 0.4) is 0 Å². The number of aryl methyl sites for hydroxylation is 1. The molecule has 0 aliphatic heterocycles. The number of anilines is 1. The van der Waals surface area contributed by atoms with Gasteiger partial charge in [0, 0.05) is 5.69 Å². The van der Waals surface area contributed by atoms with Gasteiger partial charge in [0.25, 0.3) is 5.91 Å². The smallest absolute Gasteiger partial charge is 0.308 e. The first-order valence-corrected chi connectivity index (χ1v) is 8.55. The maximum absolute atomic E-state index is 13.1. The Bertz CT molecular complexity index is 1000. The number of urea groups is 1. The SMILES string of the molecule is Cc1cc(NC(=O)NC(=O)c2ccccc2Cl)ccc1-c1ccc(F)cc1. The van der Waals surface area contributed by atoms with Crippen LogP contribution in [0.15, 0.2) is 66.7 Å². The minimum atomic E-state index is -0.658. The molecular weight excluding hydrogens is 367 g/mol. The number of halogens is 2. The average molecular weight is 383 g/mol. The third-order valence-electron chi connectivity index (χ3n) is 3.99. The van der Waals surface area contributed by atoms with Crippen LogP contribution in [0.2, 0.25) is 5.02 Å². The number of hydrogen-bond acceptors (Lipinski definition) is 2. The Labute approximate surface area is 161 Å². The largest absolute Gasteiger partial charge is 0.326 e. The fourth-order valence-electron chi connectivity index (χ4n) is 2.67. The molecular formula is C21H16ClFN2O2. The zero-order chi connectivity index (χ0) is 19.4. The monoisotopic (exact) mass is 382 g/mol. The van der Waals surface area contributed by atoms with Crippen molar-refractivity contribution in [2.45, 2.75) is 6.92 Å². The molecule has 0 radical (unpaired) electrons. The van der Waals surface area contributed by atoms with Gasteiger partial charge in [-0.05, 0) is 60.0 Å². The average Bonchev–Trinajstić information content (AvgIpc) is 2.63. The van der Waals surface area contributed by atoms with Gasteiger partial charge in [0.1, 0.15) is 5.82 Å². The highest BCUT2D eigenvalue weighted by molar-refractivity contribution is 6.34. The van der Waals surface area contributed by atoms with Gasteiger partial charge in [-0.2, -0.15) is 0 Å². The molecule has 3 amide bonds. The van der Waals surface area contributed by atoms with Crippen LogP contribution in [0.4, 0.5) is 14.9 Å². The normalized spacial score (nSPS) is 10.3. The summed E-state index contributed by atoms with van der Waals surface area (Å²) in [6.45, 7) is 1.89. The van der Waals surface area contributed by atoms with Gasteiger partial charge >= 0.3 is 6.03 Å². The molecule has 4 nitrogen and oxygen atoms in total. The number of nitrogens with one attached hydrogen (secondary N) is 2. The number of hydrogen-bond donors (Lipinski definition) is 2. The van der Waals surface area contributed by atoms with E-state index in [1.54, 1.807) is 42.5 Å². The zero-order valence-electron chi connectivity index (χ0n) is 14.4. The molecule has 0 spiro atoms. The van der Waals surface area contributed by atoms with Gasteiger partial charge in [-0.3, -0.25) is 10.1 Å². The number of amides is 3. The van der Waals surface area contributed by atoms with Crippen LogP contribution < -0.4 is 10.6 Å². The van der Waals surface area contributed by atoms with E-state index >= 15 is 0 Å². The van der Waals surface area contributed by atoms with E-state index in [0.29, 0.717) is 5.69 Å². The lowest BCUT2D eigenvalue weighted by Gasteiger charge is -2.11. The topological polar surface area (TPSA) is 58.2 Å². The number of imide groups is 1. The van der Waals surface area contributed by atoms with E-state index in [9.17, 15) is 14.0 Å². The molecule has 0 aromatic heterocycles. The Morgan fingerprint density at radius 3 is 2.33 bits per heavy atom. The van der Waals surface area contributed by atoms with Crippen molar-refractivity contribution in [2.24, 2.45) is 0 Å². The maximum Gasteiger partial charge on any atom is 0.326 e. The molecule has 6 heteroatoms. The molecule has 0 saturated heterocycles. The molecule has 3 aromatic carbocycles. The second kappa shape index (κ2) is 8.01. The van der Waals surface area contributed by atoms with E-state index in [1.807, 2.05) is 13.0 Å². The number of carbonyl (C=O) groups excluding carboxylic acids is 2. The van der Waals surface area contributed by atoms with Crippen LogP contribution in [0, 0.1) is 12.7 Å². The number of benzene rings is 3. The second-order valence-corrected chi connectivity index (χ2v) is 6.33. The highest BCUT2D eigenvalue weighted by atomic mass is 35.5. The van der Waals surface area contributed by atoms with Gasteiger partial charge in [-0.15, -0.1) is 0 Å². The summed E-state index contributed by atoms with van der Waals surface area (Å²) in [6.07, 6.45) is 0. The van der Waals surface area contributed by atoms with Crippen LogP contribution in [0.25, 0.3) is 11.1 Å². The van der Waals surface area contributed by atoms with Crippen LogP contribution in [0.1, 0.15) is 15.9 Å². The fraction of sp³-hybridized carbons (Fsp3) is 0.0476. The Hall–Kier alpha value is -3.18. The molecule has 0 unspecified atom stereocenters. The Kier molecular flexibility index (Phi) is 5.52. The predicted molar refractivity (Wildman–Crippen MR) is 105 cm³/mol. The molecule has 3 aromatic rings. The van der Waals surface area contributed by atoms with Crippen LogP contribution in [0.5, 0.6) is 0 Å². The predicted octanol–water partition coefficient (Wildman–Crippen LogP) is 5.42. The molecule has 27 heavy (non-hydrogen) atoms. The number of rotatable bonds is 3. The van der Waals surface area contributed by atoms with E-state index in [1.165, 1.54) is 18.2 Å². The van der Waals surface area contributed by atoms with E-state index in [2.05, 4.69) is 10.6 Å². The first-order chi connectivity index (χ1) is 12.9. The van der Waals surface area contributed by atoms with E-state index in [0.717, 1.165) is 16.7 Å². The summed E-state index contributed by atoms with van der Waals surface area (Å²) in [5.74, 6) is -0.882. The minimum Gasteiger partial charge on any atom is -0.308 e. The standard InChI is InChI=1S/C21H16ClFN2O2/c1-13-12-16(10-11-17(13)14-6-8-15(23)9-7-14)24-21(27)25-20(26)18-4-2-3-5-19(18)22/h2-12H,1H3,(H2,24,25,26,27). The van der Waals surface area contributed by atoms with Crippen LogP contribution in [-0.2, 0) is 0 Å². The van der Waals surface area contributed by atoms with Crippen LogP contribution in [-0.4, -0.2) is 11.9 Å². The van der Waals surface area contributed by atoms with Crippen molar-refractivity contribution in [2.75, 3.05) is 5.32 Å². The summed E-state index contributed by atoms with van der Waals surface area (Å²) >= 11 is 5.95. The highest BCUT2D eigenvalue weighted by Gasteiger charge is 2.13. The Morgan fingerprint density at radius 2 is 1.67 bits per heavy atom. The Morgan fingerprint density at radius 1 is 0.963 bits per heavy atom. The lowest BCUT2D eigenvalue weighted by molar-refractivity contribution is 0.0967. The number of carbonyl (C=O) groups is 2. The van der Waals surface area contributed by atoms with Crippen molar-refractivity contribution in [3.05, 3.63) is 88.7 Å². The second-order valence-electron chi connectivity index (χ2n) is 5.92. The van der Waals surface area contributed by atoms with Gasteiger partial charge in [-0.25, -0.2) is 9.18 Å². The molecule has 0 aliphatic rings. The molecule has 0 aliphatic carbocycles. The summed E-state index contributed by atoms with van der Waals surface area (Å²) < 4.78 is 13.1. The van der Waals surface area contributed by atoms with Crippen LogP contribution >= 0.6 is 11.6 Å². The van der Waals surface area contributed by atoms with Crippen molar-refractivity contribution in [3.63, 3.8) is 0 Å². The van der Waals surface area contributed by atoms with Crippen molar-refractivity contribution >= 4 is 29.2 Å². The van der Waals surface area contributed by atoms with Crippen molar-refractivity contribution in [3.8, 4) is 11.1 Å². The Balaban J connectivity index is 1.69. The zero-order valence-corrected chi connectivity index (χ0v) is 15.2. The first-order valence-electron chi connectivity index (χ1n) is 8.17. The van der Waals surface area contributed by atoms with E-state index in [-0.39, 0.29) is 16.4 Å². The quantitative estimate of drug-likeness (QED) is 0.635. The van der Waals surface area contributed by atoms with Gasteiger partial charge in [-0.1, -0.05) is 41.9 Å². The molecule has 0 saturated carbocycles. The summed E-state index contributed by atoms with van der Waals surface area (Å²) in [7, 11) is 0. The van der Waals surface area contributed by atoms with Gasteiger partial charge < -0.3 is 5.32 Å². The maximum atomic E-state index is 13.1. The third kappa shape index (κ3) is 4.51. The fourth-order valence-corrected chi connectivity index (χ4v) is 2.89. The molecule has 0 fully saturated rings. The van der Waals surface area contributed by atoms with E-state index in [4.69, 9.17) is 11.6 Å². The van der Waals surface area contributed by atoms with Gasteiger partial charge in [0.05, 0.1) is 10.6 Å². The van der Waals surface area contributed by atoms with Crippen molar-refractivity contribution < 1.29 is 14.0 Å².